The molecule has 6 nitrogen and oxygen atoms in total. The van der Waals surface area contributed by atoms with E-state index in [1.54, 1.807) is 24.6 Å². The van der Waals surface area contributed by atoms with Gasteiger partial charge in [0.2, 0.25) is 0 Å². The Kier molecular flexibility index (Phi) is 10.3. The van der Waals surface area contributed by atoms with Crippen molar-refractivity contribution in [2.24, 2.45) is 9.98 Å². The molecule has 0 atom stereocenters. The minimum absolute atomic E-state index is 0.0370. The standard InChI is InChI=1S/C28H42N4O2/c1-27(2,3)23-7-9-25(33)21(17-23)19-31-15-13-29-11-12-30-14-16-32-20-22-18-24(28(4,5)6)8-10-26(22)34/h7-10,17-20,29-30,33-34H,11-16H2,1-6H3. The van der Waals surface area contributed by atoms with E-state index in [1.807, 2.05) is 24.3 Å². The fourth-order valence-corrected chi connectivity index (χ4v) is 3.29. The molecule has 0 saturated heterocycles. The molecule has 186 valence electrons. The number of phenolic OH excluding ortho intramolecular Hbond substituents is 2. The van der Waals surface area contributed by atoms with Crippen LogP contribution in [0.15, 0.2) is 46.4 Å². The molecular weight excluding hydrogens is 424 g/mol. The molecule has 0 radical (unpaired) electrons. The molecular formula is C28H42N4O2. The van der Waals surface area contributed by atoms with Crippen molar-refractivity contribution in [1.29, 1.82) is 0 Å². The lowest BCUT2D eigenvalue weighted by molar-refractivity contribution is 0.472. The van der Waals surface area contributed by atoms with Crippen molar-refractivity contribution in [2.45, 2.75) is 52.4 Å². The number of rotatable bonds is 11. The summed E-state index contributed by atoms with van der Waals surface area (Å²) >= 11 is 0. The predicted molar refractivity (Wildman–Crippen MR) is 144 cm³/mol. The summed E-state index contributed by atoms with van der Waals surface area (Å²) in [6.07, 6.45) is 3.50. The van der Waals surface area contributed by atoms with E-state index in [2.05, 4.69) is 62.2 Å². The molecule has 2 aromatic carbocycles. The van der Waals surface area contributed by atoms with Gasteiger partial charge in [-0.25, -0.2) is 0 Å². The first-order valence-electron chi connectivity index (χ1n) is 12.1. The molecule has 34 heavy (non-hydrogen) atoms. The van der Waals surface area contributed by atoms with Crippen LogP contribution in [0.1, 0.15) is 63.8 Å². The lowest BCUT2D eigenvalue weighted by Gasteiger charge is -2.19. The summed E-state index contributed by atoms with van der Waals surface area (Å²) in [4.78, 5) is 8.87. The fourth-order valence-electron chi connectivity index (χ4n) is 3.29. The maximum absolute atomic E-state index is 10.0. The highest BCUT2D eigenvalue weighted by atomic mass is 16.3. The number of nitrogens with one attached hydrogen (secondary N) is 2. The Morgan fingerprint density at radius 1 is 0.647 bits per heavy atom. The quantitative estimate of drug-likeness (QED) is 0.292. The number of hydrogen-bond donors (Lipinski definition) is 4. The van der Waals surface area contributed by atoms with Gasteiger partial charge < -0.3 is 20.8 Å². The highest BCUT2D eigenvalue weighted by molar-refractivity contribution is 5.84. The van der Waals surface area contributed by atoms with Gasteiger partial charge in [-0.3, -0.25) is 9.98 Å². The second-order valence-electron chi connectivity index (χ2n) is 10.6. The van der Waals surface area contributed by atoms with E-state index in [0.29, 0.717) is 13.1 Å². The molecule has 0 fully saturated rings. The third-order valence-electron chi connectivity index (χ3n) is 5.56. The molecule has 4 N–H and O–H groups in total. The van der Waals surface area contributed by atoms with Crippen molar-refractivity contribution >= 4 is 12.4 Å². The highest BCUT2D eigenvalue weighted by Crippen LogP contribution is 2.27. The van der Waals surface area contributed by atoms with Crippen LogP contribution in [0.5, 0.6) is 11.5 Å². The van der Waals surface area contributed by atoms with Gasteiger partial charge in [-0.05, 0) is 46.2 Å². The van der Waals surface area contributed by atoms with Gasteiger partial charge >= 0.3 is 0 Å². The molecule has 2 aromatic rings. The molecule has 0 aliphatic heterocycles. The average Bonchev–Trinajstić information content (AvgIpc) is 2.75. The van der Waals surface area contributed by atoms with E-state index < -0.39 is 0 Å². The summed E-state index contributed by atoms with van der Waals surface area (Å²) in [5.74, 6) is 0.516. The van der Waals surface area contributed by atoms with Crippen LogP contribution in [0.3, 0.4) is 0 Å². The van der Waals surface area contributed by atoms with Crippen molar-refractivity contribution in [1.82, 2.24) is 10.6 Å². The van der Waals surface area contributed by atoms with Crippen LogP contribution in [0.4, 0.5) is 0 Å². The lowest BCUT2D eigenvalue weighted by atomic mass is 9.86. The Hall–Kier alpha value is -2.70. The number of hydrogen-bond acceptors (Lipinski definition) is 6. The fraction of sp³-hybridized carbons (Fsp3) is 0.500. The zero-order valence-corrected chi connectivity index (χ0v) is 21.7. The van der Waals surface area contributed by atoms with Crippen LogP contribution in [0.25, 0.3) is 0 Å². The Morgan fingerprint density at radius 2 is 1.03 bits per heavy atom. The largest absolute Gasteiger partial charge is 0.507 e. The van der Waals surface area contributed by atoms with E-state index in [4.69, 9.17) is 0 Å². The Labute approximate surface area is 205 Å². The number of phenols is 2. The minimum Gasteiger partial charge on any atom is -0.507 e. The van der Waals surface area contributed by atoms with Gasteiger partial charge in [0.05, 0.1) is 13.1 Å². The van der Waals surface area contributed by atoms with E-state index in [0.717, 1.165) is 37.3 Å². The van der Waals surface area contributed by atoms with Crippen molar-refractivity contribution in [3.05, 3.63) is 58.7 Å². The Bertz CT molecular complexity index is 890. The summed E-state index contributed by atoms with van der Waals surface area (Å²) in [7, 11) is 0. The van der Waals surface area contributed by atoms with Crippen molar-refractivity contribution in [2.75, 3.05) is 39.3 Å². The second-order valence-corrected chi connectivity index (χ2v) is 10.6. The summed E-state index contributed by atoms with van der Waals surface area (Å²) < 4.78 is 0. The first-order chi connectivity index (χ1) is 16.0. The van der Waals surface area contributed by atoms with Crippen LogP contribution in [0, 0.1) is 0 Å². The lowest BCUT2D eigenvalue weighted by Crippen LogP contribution is -2.30. The normalized spacial score (nSPS) is 12.8. The molecule has 0 aliphatic rings. The molecule has 0 unspecified atom stereocenters. The number of aromatic hydroxyl groups is 2. The summed E-state index contributed by atoms with van der Waals surface area (Å²) in [5.41, 5.74) is 3.94. The predicted octanol–water partition coefficient (Wildman–Crippen LogP) is 4.41. The SMILES string of the molecule is CC(C)(C)c1ccc(O)c(C=NCCNCCNCCN=Cc2cc(C(C)(C)C)ccc2O)c1. The van der Waals surface area contributed by atoms with Crippen molar-refractivity contribution < 1.29 is 10.2 Å². The molecule has 6 heteroatoms. The topological polar surface area (TPSA) is 89.2 Å². The molecule has 0 aliphatic carbocycles. The number of nitrogens with zero attached hydrogens (tertiary/aromatic N) is 2. The highest BCUT2D eigenvalue weighted by Gasteiger charge is 2.15. The maximum atomic E-state index is 10.0. The molecule has 0 amide bonds. The smallest absolute Gasteiger partial charge is 0.124 e. The zero-order valence-electron chi connectivity index (χ0n) is 21.7. The van der Waals surface area contributed by atoms with Crippen LogP contribution in [-0.2, 0) is 10.8 Å². The zero-order chi connectivity index (χ0) is 25.2. The van der Waals surface area contributed by atoms with Crippen molar-refractivity contribution in [3.63, 3.8) is 0 Å². The first kappa shape index (κ1) is 27.5. The van der Waals surface area contributed by atoms with Crippen LogP contribution in [-0.4, -0.2) is 61.9 Å². The van der Waals surface area contributed by atoms with Gasteiger partial charge in [0, 0.05) is 49.7 Å². The van der Waals surface area contributed by atoms with Crippen LogP contribution < -0.4 is 10.6 Å². The maximum Gasteiger partial charge on any atom is 0.124 e. The Balaban J connectivity index is 1.61. The monoisotopic (exact) mass is 466 g/mol. The average molecular weight is 467 g/mol. The number of benzene rings is 2. The molecule has 0 aromatic heterocycles. The molecule has 0 spiro atoms. The molecule has 2 rings (SSSR count). The molecule has 0 heterocycles. The van der Waals surface area contributed by atoms with E-state index in [-0.39, 0.29) is 22.3 Å². The Morgan fingerprint density at radius 3 is 1.38 bits per heavy atom. The van der Waals surface area contributed by atoms with Gasteiger partial charge in [0.25, 0.3) is 0 Å². The summed E-state index contributed by atoms with van der Waals surface area (Å²) in [6.45, 7) is 17.5. The first-order valence-corrected chi connectivity index (χ1v) is 12.1. The third kappa shape index (κ3) is 9.27. The second kappa shape index (κ2) is 12.7. The third-order valence-corrected chi connectivity index (χ3v) is 5.56. The summed E-state index contributed by atoms with van der Waals surface area (Å²) in [6, 6.07) is 11.4. The van der Waals surface area contributed by atoms with Gasteiger partial charge in [-0.2, -0.15) is 0 Å². The van der Waals surface area contributed by atoms with E-state index >= 15 is 0 Å². The van der Waals surface area contributed by atoms with Gasteiger partial charge in [-0.15, -0.1) is 0 Å². The van der Waals surface area contributed by atoms with Crippen LogP contribution >= 0.6 is 0 Å². The van der Waals surface area contributed by atoms with Crippen molar-refractivity contribution in [3.8, 4) is 11.5 Å². The van der Waals surface area contributed by atoms with E-state index in [9.17, 15) is 10.2 Å². The van der Waals surface area contributed by atoms with Gasteiger partial charge in [0.15, 0.2) is 0 Å². The van der Waals surface area contributed by atoms with Gasteiger partial charge in [0.1, 0.15) is 11.5 Å². The van der Waals surface area contributed by atoms with E-state index in [1.165, 1.54) is 11.1 Å². The molecule has 0 saturated carbocycles. The van der Waals surface area contributed by atoms with Crippen LogP contribution in [0.2, 0.25) is 0 Å². The minimum atomic E-state index is 0.0370. The van der Waals surface area contributed by atoms with Gasteiger partial charge in [-0.1, -0.05) is 53.7 Å². The molecule has 0 bridgehead atoms. The summed E-state index contributed by atoms with van der Waals surface area (Å²) in [5, 5.41) is 26.8. The number of aliphatic imine (C=N–C) groups is 2.